The van der Waals surface area contributed by atoms with Gasteiger partial charge < -0.3 is 15.3 Å². The lowest BCUT2D eigenvalue weighted by Gasteiger charge is -2.04. The van der Waals surface area contributed by atoms with Crippen LogP contribution in [-0.2, 0) is 14.4 Å². The van der Waals surface area contributed by atoms with Crippen LogP contribution in [0.4, 0.5) is 0 Å². The molecule has 15 heavy (non-hydrogen) atoms. The van der Waals surface area contributed by atoms with E-state index >= 15 is 0 Å². The van der Waals surface area contributed by atoms with Crippen LogP contribution in [0.3, 0.4) is 0 Å². The van der Waals surface area contributed by atoms with Crippen molar-refractivity contribution in [3.8, 4) is 0 Å². The fourth-order valence-corrected chi connectivity index (χ4v) is 0.977. The second-order valence-electron chi connectivity index (χ2n) is 2.90. The van der Waals surface area contributed by atoms with E-state index in [1.54, 1.807) is 0 Å². The summed E-state index contributed by atoms with van der Waals surface area (Å²) in [5, 5.41) is 25.2. The van der Waals surface area contributed by atoms with Crippen molar-refractivity contribution in [1.82, 2.24) is 0 Å². The standard InChI is InChI=1S/C9H12O6/c10-7(11)5-3-1-2-4-6(8(12)13)9(14)15/h3,5-6H,1-2,4H2,(H,10,11)(H,12,13)(H,14,15). The number of hydrogen-bond donors (Lipinski definition) is 3. The Kier molecular flexibility index (Phi) is 5.77. The van der Waals surface area contributed by atoms with Crippen LogP contribution in [0, 0.1) is 5.92 Å². The fourth-order valence-electron chi connectivity index (χ4n) is 0.977. The maximum absolute atomic E-state index is 10.4. The van der Waals surface area contributed by atoms with Gasteiger partial charge in [-0.05, 0) is 19.3 Å². The number of allylic oxidation sites excluding steroid dienone is 1. The molecule has 0 aliphatic heterocycles. The van der Waals surface area contributed by atoms with Crippen LogP contribution in [0.25, 0.3) is 0 Å². The Labute approximate surface area is 85.8 Å². The molecule has 0 aromatic heterocycles. The number of aliphatic carboxylic acids is 3. The van der Waals surface area contributed by atoms with Gasteiger partial charge in [-0.1, -0.05) is 6.08 Å². The van der Waals surface area contributed by atoms with Gasteiger partial charge in [0.1, 0.15) is 0 Å². The van der Waals surface area contributed by atoms with Crippen LogP contribution in [0.5, 0.6) is 0 Å². The number of carbonyl (C=O) groups is 3. The van der Waals surface area contributed by atoms with Crippen LogP contribution in [-0.4, -0.2) is 33.2 Å². The van der Waals surface area contributed by atoms with E-state index in [-0.39, 0.29) is 6.42 Å². The van der Waals surface area contributed by atoms with Crippen molar-refractivity contribution in [2.24, 2.45) is 5.92 Å². The number of carboxylic acid groups (broad SMARTS) is 3. The molecule has 0 atom stereocenters. The third kappa shape index (κ3) is 6.25. The first-order chi connectivity index (χ1) is 6.95. The van der Waals surface area contributed by atoms with E-state index in [9.17, 15) is 14.4 Å². The lowest BCUT2D eigenvalue weighted by molar-refractivity contribution is -0.154. The molecule has 0 unspecified atom stereocenters. The Morgan fingerprint density at radius 1 is 1.07 bits per heavy atom. The maximum Gasteiger partial charge on any atom is 0.327 e. The average molecular weight is 216 g/mol. The van der Waals surface area contributed by atoms with Crippen LogP contribution < -0.4 is 0 Å². The van der Waals surface area contributed by atoms with E-state index in [1.165, 1.54) is 6.08 Å². The lowest BCUT2D eigenvalue weighted by Crippen LogP contribution is -2.23. The molecule has 0 aliphatic carbocycles. The van der Waals surface area contributed by atoms with Crippen LogP contribution in [0.2, 0.25) is 0 Å². The Morgan fingerprint density at radius 2 is 1.60 bits per heavy atom. The van der Waals surface area contributed by atoms with E-state index in [0.717, 1.165) is 6.08 Å². The summed E-state index contributed by atoms with van der Waals surface area (Å²) in [5.41, 5.74) is 0. The van der Waals surface area contributed by atoms with Crippen LogP contribution in [0.1, 0.15) is 19.3 Å². The number of unbranched alkanes of at least 4 members (excludes halogenated alkanes) is 1. The molecule has 0 aliphatic rings. The monoisotopic (exact) mass is 216 g/mol. The molecule has 0 bridgehead atoms. The normalized spacial score (nSPS) is 10.7. The highest BCUT2D eigenvalue weighted by atomic mass is 16.4. The number of hydrogen-bond acceptors (Lipinski definition) is 3. The number of carboxylic acids is 3. The quantitative estimate of drug-likeness (QED) is 0.326. The van der Waals surface area contributed by atoms with Crippen molar-refractivity contribution in [3.05, 3.63) is 12.2 Å². The van der Waals surface area contributed by atoms with E-state index in [2.05, 4.69) is 0 Å². The predicted molar refractivity (Wildman–Crippen MR) is 49.4 cm³/mol. The zero-order chi connectivity index (χ0) is 11.8. The molecule has 6 nitrogen and oxygen atoms in total. The Morgan fingerprint density at radius 3 is 2.00 bits per heavy atom. The number of rotatable bonds is 7. The van der Waals surface area contributed by atoms with Gasteiger partial charge in [0.2, 0.25) is 0 Å². The summed E-state index contributed by atoms with van der Waals surface area (Å²) in [4.78, 5) is 30.9. The van der Waals surface area contributed by atoms with Gasteiger partial charge in [-0.15, -0.1) is 0 Å². The highest BCUT2D eigenvalue weighted by molar-refractivity contribution is 5.92. The van der Waals surface area contributed by atoms with Crippen molar-refractivity contribution in [2.75, 3.05) is 0 Å². The summed E-state index contributed by atoms with van der Waals surface area (Å²) >= 11 is 0. The SMILES string of the molecule is O=C(O)C=CCCCC(C(=O)O)C(=O)O. The molecule has 0 amide bonds. The summed E-state index contributed by atoms with van der Waals surface area (Å²) in [7, 11) is 0. The third-order valence-electron chi connectivity index (χ3n) is 1.72. The summed E-state index contributed by atoms with van der Waals surface area (Å²) < 4.78 is 0. The van der Waals surface area contributed by atoms with E-state index in [0.29, 0.717) is 12.8 Å². The van der Waals surface area contributed by atoms with E-state index in [4.69, 9.17) is 15.3 Å². The Hall–Kier alpha value is -1.85. The molecule has 3 N–H and O–H groups in total. The highest BCUT2D eigenvalue weighted by Gasteiger charge is 2.24. The maximum atomic E-state index is 10.4. The molecule has 0 spiro atoms. The summed E-state index contributed by atoms with van der Waals surface area (Å²) in [6, 6.07) is 0. The fraction of sp³-hybridized carbons (Fsp3) is 0.444. The zero-order valence-corrected chi connectivity index (χ0v) is 7.92. The van der Waals surface area contributed by atoms with Crippen molar-refractivity contribution in [2.45, 2.75) is 19.3 Å². The first-order valence-corrected chi connectivity index (χ1v) is 4.30. The van der Waals surface area contributed by atoms with Crippen molar-refractivity contribution >= 4 is 17.9 Å². The summed E-state index contributed by atoms with van der Waals surface area (Å²) in [5.74, 6) is -5.24. The molecule has 0 aromatic rings. The van der Waals surface area contributed by atoms with Crippen LogP contribution in [0.15, 0.2) is 12.2 Å². The topological polar surface area (TPSA) is 112 Å². The molecule has 0 aromatic carbocycles. The highest BCUT2D eigenvalue weighted by Crippen LogP contribution is 2.09. The molecule has 0 heterocycles. The molecular formula is C9H12O6. The zero-order valence-electron chi connectivity index (χ0n) is 7.92. The molecule has 0 fully saturated rings. The van der Waals surface area contributed by atoms with E-state index in [1.807, 2.05) is 0 Å². The van der Waals surface area contributed by atoms with Gasteiger partial charge in [0, 0.05) is 6.08 Å². The second kappa shape index (κ2) is 6.58. The Balaban J connectivity index is 3.87. The molecule has 0 radical (unpaired) electrons. The largest absolute Gasteiger partial charge is 0.481 e. The van der Waals surface area contributed by atoms with Gasteiger partial charge in [0.05, 0.1) is 0 Å². The second-order valence-corrected chi connectivity index (χ2v) is 2.90. The molecule has 0 saturated heterocycles. The molecule has 0 rings (SSSR count). The lowest BCUT2D eigenvalue weighted by atomic mass is 10.0. The molecular weight excluding hydrogens is 204 g/mol. The van der Waals surface area contributed by atoms with Gasteiger partial charge in [-0.25, -0.2) is 4.79 Å². The molecule has 6 heteroatoms. The van der Waals surface area contributed by atoms with Gasteiger partial charge >= 0.3 is 17.9 Å². The summed E-state index contributed by atoms with van der Waals surface area (Å²) in [6.07, 6.45) is 2.98. The van der Waals surface area contributed by atoms with Crippen molar-refractivity contribution in [3.63, 3.8) is 0 Å². The first-order valence-electron chi connectivity index (χ1n) is 4.30. The third-order valence-corrected chi connectivity index (χ3v) is 1.72. The van der Waals surface area contributed by atoms with Gasteiger partial charge in [0.25, 0.3) is 0 Å². The van der Waals surface area contributed by atoms with Crippen molar-refractivity contribution < 1.29 is 29.7 Å². The smallest absolute Gasteiger partial charge is 0.327 e. The molecule has 84 valence electrons. The van der Waals surface area contributed by atoms with Crippen molar-refractivity contribution in [1.29, 1.82) is 0 Å². The van der Waals surface area contributed by atoms with Gasteiger partial charge in [-0.3, -0.25) is 9.59 Å². The van der Waals surface area contributed by atoms with Gasteiger partial charge in [0.15, 0.2) is 5.92 Å². The summed E-state index contributed by atoms with van der Waals surface area (Å²) in [6.45, 7) is 0. The molecule has 0 saturated carbocycles. The minimum absolute atomic E-state index is 0.00533. The predicted octanol–water partition coefficient (Wildman–Crippen LogP) is 0.583. The van der Waals surface area contributed by atoms with Gasteiger partial charge in [-0.2, -0.15) is 0 Å². The minimum atomic E-state index is -1.41. The first kappa shape index (κ1) is 13.2. The minimum Gasteiger partial charge on any atom is -0.481 e. The van der Waals surface area contributed by atoms with E-state index < -0.39 is 23.8 Å². The van der Waals surface area contributed by atoms with Crippen LogP contribution >= 0.6 is 0 Å². The Bertz CT molecular complexity index is 266. The average Bonchev–Trinajstić information content (AvgIpc) is 2.08.